The maximum absolute atomic E-state index is 2.35. The number of allylic oxidation sites excluding steroid dienone is 2. The molecule has 0 nitrogen and oxygen atoms in total. The van der Waals surface area contributed by atoms with E-state index in [1.54, 1.807) is 0 Å². The van der Waals surface area contributed by atoms with E-state index in [-0.39, 0.29) is 0 Å². The fourth-order valence-corrected chi connectivity index (χ4v) is 4.75. The maximum Gasteiger partial charge on any atom is 0.0389 e. The van der Waals surface area contributed by atoms with Crippen molar-refractivity contribution in [3.05, 3.63) is 43.3 Å². The van der Waals surface area contributed by atoms with E-state index < -0.39 is 0 Å². The summed E-state index contributed by atoms with van der Waals surface area (Å²) in [5.41, 5.74) is 0. The van der Waals surface area contributed by atoms with E-state index in [0.29, 0.717) is 0 Å². The Balaban J connectivity index is 2.36. The summed E-state index contributed by atoms with van der Waals surface area (Å²) < 4.78 is 1.42. The number of thioether (sulfide) groups is 1. The standard InChI is InChI=1S/C10H7PS2/c1-2-10-8(4-6-13-10)11-7-3-5-12-9(1)7/h1-5H,6H2. The van der Waals surface area contributed by atoms with Gasteiger partial charge in [0.1, 0.15) is 0 Å². The van der Waals surface area contributed by atoms with Crippen LogP contribution in [0.25, 0.3) is 6.08 Å². The molecule has 0 fully saturated rings. The predicted molar refractivity (Wildman–Crippen MR) is 62.8 cm³/mol. The van der Waals surface area contributed by atoms with E-state index in [1.807, 2.05) is 23.1 Å². The van der Waals surface area contributed by atoms with Gasteiger partial charge in [-0.25, -0.2) is 0 Å². The zero-order valence-electron chi connectivity index (χ0n) is 6.86. The summed E-state index contributed by atoms with van der Waals surface area (Å²) >= 11 is 3.78. The fourth-order valence-electron chi connectivity index (χ4n) is 1.43. The Morgan fingerprint density at radius 1 is 1.31 bits per heavy atom. The van der Waals surface area contributed by atoms with Crippen LogP contribution in [-0.4, -0.2) is 5.75 Å². The summed E-state index contributed by atoms with van der Waals surface area (Å²) in [6.45, 7) is 0. The van der Waals surface area contributed by atoms with Crippen molar-refractivity contribution in [2.24, 2.45) is 0 Å². The van der Waals surface area contributed by atoms with E-state index in [4.69, 9.17) is 0 Å². The first-order valence-electron chi connectivity index (χ1n) is 4.11. The minimum atomic E-state index is 1.15. The van der Waals surface area contributed by atoms with Gasteiger partial charge >= 0.3 is 0 Å². The van der Waals surface area contributed by atoms with Crippen LogP contribution < -0.4 is 4.53 Å². The van der Waals surface area contributed by atoms with Gasteiger partial charge in [0.05, 0.1) is 0 Å². The molecule has 1 aromatic heterocycles. The number of hydrogen-bond donors (Lipinski definition) is 0. The van der Waals surface area contributed by atoms with Gasteiger partial charge in [-0.15, -0.1) is 23.1 Å². The Morgan fingerprint density at radius 2 is 2.31 bits per heavy atom. The highest BCUT2D eigenvalue weighted by molar-refractivity contribution is 8.04. The van der Waals surface area contributed by atoms with Gasteiger partial charge in [0, 0.05) is 25.4 Å². The van der Waals surface area contributed by atoms with Crippen LogP contribution in [0.4, 0.5) is 0 Å². The second kappa shape index (κ2) is 3.13. The molecule has 1 aromatic rings. The molecule has 64 valence electrons. The van der Waals surface area contributed by atoms with Crippen LogP contribution in [0, 0.1) is 4.94 Å². The molecule has 0 saturated carbocycles. The van der Waals surface area contributed by atoms with Crippen LogP contribution in [0.3, 0.4) is 0 Å². The molecular weight excluding hydrogens is 215 g/mol. The molecule has 0 bridgehead atoms. The van der Waals surface area contributed by atoms with Crippen LogP contribution in [0.2, 0.25) is 0 Å². The summed E-state index contributed by atoms with van der Waals surface area (Å²) in [7, 11) is 1.39. The number of rotatable bonds is 0. The highest BCUT2D eigenvalue weighted by atomic mass is 32.2. The van der Waals surface area contributed by atoms with Gasteiger partial charge < -0.3 is 0 Å². The molecule has 2 aliphatic rings. The molecule has 2 aliphatic heterocycles. The lowest BCUT2D eigenvalue weighted by molar-refractivity contribution is 1.79. The van der Waals surface area contributed by atoms with Gasteiger partial charge in [0.25, 0.3) is 0 Å². The zero-order chi connectivity index (χ0) is 8.67. The molecular formula is C10H7PS2. The third kappa shape index (κ3) is 1.34. The molecule has 0 N–H and O–H groups in total. The van der Waals surface area contributed by atoms with Crippen molar-refractivity contribution in [3.63, 3.8) is 0 Å². The third-order valence-corrected chi connectivity index (χ3v) is 5.55. The van der Waals surface area contributed by atoms with Crippen molar-refractivity contribution in [3.8, 4) is 0 Å². The number of hydrogen-bond acceptors (Lipinski definition) is 2. The highest BCUT2D eigenvalue weighted by Crippen LogP contribution is 2.39. The predicted octanol–water partition coefficient (Wildman–Crippen LogP) is 3.25. The maximum atomic E-state index is 2.35. The Bertz CT molecular complexity index is 519. The molecule has 0 amide bonds. The Hall–Kier alpha value is -0.300. The van der Waals surface area contributed by atoms with Gasteiger partial charge in [-0.3, -0.25) is 0 Å². The van der Waals surface area contributed by atoms with Crippen molar-refractivity contribution in [2.75, 3.05) is 5.75 Å². The first kappa shape index (κ1) is 8.05. The van der Waals surface area contributed by atoms with E-state index in [2.05, 4.69) is 29.7 Å². The summed E-state index contributed by atoms with van der Waals surface area (Å²) in [4.78, 5) is 2.93. The summed E-state index contributed by atoms with van der Waals surface area (Å²) in [5, 5.41) is 3.67. The Labute approximate surface area is 86.5 Å². The van der Waals surface area contributed by atoms with E-state index >= 15 is 0 Å². The highest BCUT2D eigenvalue weighted by Gasteiger charge is 2.11. The van der Waals surface area contributed by atoms with Crippen LogP contribution in [0.5, 0.6) is 0 Å². The molecule has 0 radical (unpaired) electrons. The van der Waals surface area contributed by atoms with Gasteiger partial charge in [0.15, 0.2) is 0 Å². The monoisotopic (exact) mass is 222 g/mol. The van der Waals surface area contributed by atoms with Crippen LogP contribution >= 0.6 is 31.3 Å². The van der Waals surface area contributed by atoms with Gasteiger partial charge in [-0.1, -0.05) is 14.3 Å². The lowest BCUT2D eigenvalue weighted by Gasteiger charge is -1.93. The lowest BCUT2D eigenvalue weighted by atomic mass is 10.4. The fraction of sp³-hybridized carbons (Fsp3) is 0.100. The quantitative estimate of drug-likeness (QED) is 0.607. The third-order valence-electron chi connectivity index (χ3n) is 2.07. The second-order valence-corrected chi connectivity index (χ2v) is 6.08. The molecule has 0 saturated heterocycles. The van der Waals surface area contributed by atoms with Crippen LogP contribution in [0.1, 0.15) is 0 Å². The average Bonchev–Trinajstić information content (AvgIpc) is 2.72. The SMILES string of the molecule is C1=C2P=c3ccsc3=CC=C2SC1. The van der Waals surface area contributed by atoms with E-state index in [9.17, 15) is 0 Å². The molecule has 3 heteroatoms. The zero-order valence-corrected chi connectivity index (χ0v) is 9.38. The molecule has 0 spiro atoms. The van der Waals surface area contributed by atoms with Crippen LogP contribution in [-0.2, 0) is 0 Å². The smallest absolute Gasteiger partial charge is 0.0389 e. The number of thiophene rings is 1. The minimum absolute atomic E-state index is 1.15. The van der Waals surface area contributed by atoms with E-state index in [0.717, 1.165) is 5.75 Å². The Kier molecular flexibility index (Phi) is 1.93. The normalized spacial score (nSPS) is 20.0. The molecule has 3 heterocycles. The van der Waals surface area contributed by atoms with Crippen molar-refractivity contribution >= 4 is 37.4 Å². The van der Waals surface area contributed by atoms with Gasteiger partial charge in [0.2, 0.25) is 0 Å². The summed E-state index contributed by atoms with van der Waals surface area (Å²) in [6, 6.07) is 2.23. The molecule has 3 rings (SSSR count). The minimum Gasteiger partial charge on any atom is -0.143 e. The molecule has 0 unspecified atom stereocenters. The lowest BCUT2D eigenvalue weighted by Crippen LogP contribution is -1.88. The average molecular weight is 222 g/mol. The van der Waals surface area contributed by atoms with Crippen molar-refractivity contribution < 1.29 is 0 Å². The topological polar surface area (TPSA) is 0 Å². The first-order valence-corrected chi connectivity index (χ1v) is 6.87. The van der Waals surface area contributed by atoms with Gasteiger partial charge in [-0.2, -0.15) is 0 Å². The second-order valence-electron chi connectivity index (χ2n) is 2.88. The Morgan fingerprint density at radius 3 is 3.31 bits per heavy atom. The van der Waals surface area contributed by atoms with Crippen molar-refractivity contribution in [1.82, 2.24) is 0 Å². The molecule has 0 atom stereocenters. The molecule has 0 aliphatic carbocycles. The number of fused-ring (bicyclic) bond motifs is 2. The first-order chi connectivity index (χ1) is 6.43. The van der Waals surface area contributed by atoms with E-state index in [1.165, 1.54) is 27.9 Å². The van der Waals surface area contributed by atoms with Crippen molar-refractivity contribution in [2.45, 2.75) is 0 Å². The van der Waals surface area contributed by atoms with Crippen LogP contribution in [0.15, 0.2) is 33.8 Å². The van der Waals surface area contributed by atoms with Crippen molar-refractivity contribution in [1.29, 1.82) is 0 Å². The summed E-state index contributed by atoms with van der Waals surface area (Å²) in [6.07, 6.45) is 6.86. The molecule has 13 heavy (non-hydrogen) atoms. The summed E-state index contributed by atoms with van der Waals surface area (Å²) in [5.74, 6) is 1.15. The molecule has 0 aromatic carbocycles. The van der Waals surface area contributed by atoms with Gasteiger partial charge in [-0.05, 0) is 23.6 Å². The largest absolute Gasteiger partial charge is 0.143 e.